The first-order valence-electron chi connectivity index (χ1n) is 17.9. The second-order valence-corrected chi connectivity index (χ2v) is 14.4. The molecule has 262 valence electrons. The van der Waals surface area contributed by atoms with Crippen molar-refractivity contribution in [2.45, 2.75) is 137 Å². The van der Waals surface area contributed by atoms with E-state index in [1.807, 2.05) is 64.1 Å². The number of benzene rings is 1. The van der Waals surface area contributed by atoms with Crippen molar-refractivity contribution in [1.82, 2.24) is 20.0 Å². The van der Waals surface area contributed by atoms with Crippen LogP contribution >= 0.6 is 0 Å². The van der Waals surface area contributed by atoms with Gasteiger partial charge in [0.2, 0.25) is 17.7 Å². The minimum Gasteiger partial charge on any atom is -0.456 e. The van der Waals surface area contributed by atoms with Gasteiger partial charge in [-0.25, -0.2) is 4.79 Å². The van der Waals surface area contributed by atoms with Crippen molar-refractivity contribution in [3.05, 3.63) is 47.5 Å². The first kappa shape index (κ1) is 38.2. The molecule has 3 amide bonds. The smallest absolute Gasteiger partial charge is 0.329 e. The summed E-state index contributed by atoms with van der Waals surface area (Å²) >= 11 is 0. The highest BCUT2D eigenvalue weighted by Gasteiger charge is 2.39. The molecule has 1 aromatic carbocycles. The van der Waals surface area contributed by atoms with Gasteiger partial charge < -0.3 is 19.9 Å². The molecule has 1 N–H and O–H groups in total. The number of piperidine rings is 1. The van der Waals surface area contributed by atoms with Gasteiger partial charge in [0.25, 0.3) is 0 Å². The minimum atomic E-state index is -0.687. The molecule has 3 rings (SSSR count). The monoisotopic (exact) mass is 652 g/mol. The van der Waals surface area contributed by atoms with Gasteiger partial charge in [-0.05, 0) is 76.8 Å². The number of hydrogen-bond donors (Lipinski definition) is 1. The number of ether oxygens (including phenoxy) is 1. The molecule has 47 heavy (non-hydrogen) atoms. The van der Waals surface area contributed by atoms with Gasteiger partial charge in [0, 0.05) is 25.2 Å². The molecule has 0 radical (unpaired) electrons. The van der Waals surface area contributed by atoms with E-state index in [4.69, 9.17) is 4.74 Å². The first-order chi connectivity index (χ1) is 22.3. The zero-order valence-corrected chi connectivity index (χ0v) is 30.3. The highest BCUT2D eigenvalue weighted by Crippen LogP contribution is 2.28. The van der Waals surface area contributed by atoms with Gasteiger partial charge in [-0.2, -0.15) is 0 Å². The van der Waals surface area contributed by atoms with E-state index >= 15 is 0 Å². The van der Waals surface area contributed by atoms with E-state index in [1.54, 1.807) is 23.8 Å². The Bertz CT molecular complexity index is 1230. The Balaban J connectivity index is 1.74. The van der Waals surface area contributed by atoms with Crippen molar-refractivity contribution < 1.29 is 23.9 Å². The number of carbonyl (C=O) groups is 4. The lowest BCUT2D eigenvalue weighted by atomic mass is 9.95. The number of likely N-dealkylation sites (N-methyl/N-ethyl adjacent to an activating group) is 1. The number of hydrogen-bond acceptors (Lipinski definition) is 6. The van der Waals surface area contributed by atoms with Gasteiger partial charge in [0.05, 0.1) is 12.1 Å². The molecule has 2 fully saturated rings. The SMILES string of the molecule is CCC[C@@H](OC(=O)[C@@H]1CCCN1C(=O)/C(C)=C/[C@H](C(C)C)N(C)C(=O)[C@@H](NC(=O)C1CCCCN1C(C)C)C(C)C)c1ccccc1. The number of carbonyl (C=O) groups excluding carboxylic acids is 4. The Morgan fingerprint density at radius 2 is 1.60 bits per heavy atom. The van der Waals surface area contributed by atoms with Crippen LogP contribution in [0.4, 0.5) is 0 Å². The highest BCUT2D eigenvalue weighted by molar-refractivity contribution is 5.96. The number of nitrogens with one attached hydrogen (secondary N) is 1. The molecule has 2 aliphatic heterocycles. The second-order valence-electron chi connectivity index (χ2n) is 14.4. The molecule has 0 aliphatic carbocycles. The largest absolute Gasteiger partial charge is 0.456 e. The minimum absolute atomic E-state index is 0.00463. The van der Waals surface area contributed by atoms with Crippen LogP contribution in [-0.4, -0.2) is 88.7 Å². The number of amides is 3. The summed E-state index contributed by atoms with van der Waals surface area (Å²) in [5, 5.41) is 3.10. The van der Waals surface area contributed by atoms with E-state index in [2.05, 4.69) is 31.0 Å². The zero-order valence-electron chi connectivity index (χ0n) is 30.3. The second kappa shape index (κ2) is 17.8. The summed E-state index contributed by atoms with van der Waals surface area (Å²) in [6.07, 6.45) is 7.20. The van der Waals surface area contributed by atoms with Gasteiger partial charge in [0.1, 0.15) is 18.2 Å². The summed E-state index contributed by atoms with van der Waals surface area (Å²) in [6.45, 7) is 17.3. The lowest BCUT2D eigenvalue weighted by Gasteiger charge is -2.39. The molecule has 0 bridgehead atoms. The topological polar surface area (TPSA) is 99.3 Å². The summed E-state index contributed by atoms with van der Waals surface area (Å²) in [5.74, 6) is -0.979. The van der Waals surface area contributed by atoms with Crippen LogP contribution in [-0.2, 0) is 23.9 Å². The Hall–Kier alpha value is -3.20. The van der Waals surface area contributed by atoms with Crippen LogP contribution in [0.5, 0.6) is 0 Å². The lowest BCUT2D eigenvalue weighted by Crippen LogP contribution is -2.58. The highest BCUT2D eigenvalue weighted by atomic mass is 16.5. The summed E-state index contributed by atoms with van der Waals surface area (Å²) in [7, 11) is 1.75. The van der Waals surface area contributed by atoms with Crippen molar-refractivity contribution in [2.24, 2.45) is 11.8 Å². The van der Waals surface area contributed by atoms with Crippen molar-refractivity contribution in [1.29, 1.82) is 0 Å². The van der Waals surface area contributed by atoms with Crippen molar-refractivity contribution in [3.63, 3.8) is 0 Å². The first-order valence-corrected chi connectivity index (χ1v) is 17.9. The molecule has 9 nitrogen and oxygen atoms in total. The molecule has 1 unspecified atom stereocenters. The molecule has 5 atom stereocenters. The van der Waals surface area contributed by atoms with Crippen molar-refractivity contribution in [2.75, 3.05) is 20.1 Å². The van der Waals surface area contributed by atoms with E-state index in [0.717, 1.165) is 44.2 Å². The molecule has 1 aromatic rings. The van der Waals surface area contributed by atoms with Gasteiger partial charge in [-0.1, -0.05) is 83.9 Å². The maximum Gasteiger partial charge on any atom is 0.329 e. The maximum absolute atomic E-state index is 14.0. The van der Waals surface area contributed by atoms with Gasteiger partial charge >= 0.3 is 5.97 Å². The predicted octanol–water partition coefficient (Wildman–Crippen LogP) is 5.90. The van der Waals surface area contributed by atoms with Crippen LogP contribution in [0.1, 0.15) is 112 Å². The molecule has 2 heterocycles. The maximum atomic E-state index is 14.0. The van der Waals surface area contributed by atoms with Crippen LogP contribution in [0.3, 0.4) is 0 Å². The third-order valence-electron chi connectivity index (χ3n) is 9.74. The summed E-state index contributed by atoms with van der Waals surface area (Å²) in [4.78, 5) is 60.3. The molecule has 2 saturated heterocycles. The fourth-order valence-electron chi connectivity index (χ4n) is 6.99. The fraction of sp³-hybridized carbons (Fsp3) is 0.684. The Morgan fingerprint density at radius 1 is 0.936 bits per heavy atom. The lowest BCUT2D eigenvalue weighted by molar-refractivity contribution is -0.158. The molecular formula is C38H60N4O5. The third kappa shape index (κ3) is 9.91. The zero-order chi connectivity index (χ0) is 34.8. The van der Waals surface area contributed by atoms with Gasteiger partial charge in [-0.3, -0.25) is 19.3 Å². The quantitative estimate of drug-likeness (QED) is 0.199. The predicted molar refractivity (Wildman–Crippen MR) is 186 cm³/mol. The van der Waals surface area contributed by atoms with Gasteiger partial charge in [0.15, 0.2) is 0 Å². The molecule has 0 aromatic heterocycles. The van der Waals surface area contributed by atoms with Crippen molar-refractivity contribution in [3.8, 4) is 0 Å². The van der Waals surface area contributed by atoms with Crippen LogP contribution in [0.25, 0.3) is 0 Å². The van der Waals surface area contributed by atoms with Crippen LogP contribution in [0, 0.1) is 11.8 Å². The summed E-state index contributed by atoms with van der Waals surface area (Å²) in [6, 6.07) is 8.04. The summed E-state index contributed by atoms with van der Waals surface area (Å²) < 4.78 is 6.01. The number of esters is 1. The van der Waals surface area contributed by atoms with E-state index in [9.17, 15) is 19.2 Å². The van der Waals surface area contributed by atoms with E-state index < -0.39 is 12.1 Å². The normalized spacial score (nSPS) is 21.1. The van der Waals surface area contributed by atoms with Crippen LogP contribution in [0.2, 0.25) is 0 Å². The Morgan fingerprint density at radius 3 is 2.19 bits per heavy atom. The van der Waals surface area contributed by atoms with Crippen LogP contribution < -0.4 is 5.32 Å². The Labute approximate surface area is 283 Å². The molecule has 2 aliphatic rings. The summed E-state index contributed by atoms with van der Waals surface area (Å²) in [5.41, 5.74) is 1.44. The van der Waals surface area contributed by atoms with E-state index in [0.29, 0.717) is 25.0 Å². The van der Waals surface area contributed by atoms with Gasteiger partial charge in [-0.15, -0.1) is 0 Å². The van der Waals surface area contributed by atoms with Crippen molar-refractivity contribution >= 4 is 23.7 Å². The molecule has 0 spiro atoms. The average molecular weight is 653 g/mol. The van der Waals surface area contributed by atoms with E-state index in [1.165, 1.54) is 0 Å². The number of likely N-dealkylation sites (tertiary alicyclic amines) is 2. The molecular weight excluding hydrogens is 592 g/mol. The third-order valence-corrected chi connectivity index (χ3v) is 9.74. The number of nitrogens with zero attached hydrogens (tertiary/aromatic N) is 3. The standard InChI is InChI=1S/C38H60N4O5/c1-10-17-33(29-18-12-11-13-19-29)47-38(46)31-21-16-23-42(31)36(44)28(8)24-32(25(2)3)40(9)37(45)34(26(4)5)39-35(43)30-20-14-15-22-41(30)27(6)7/h11-13,18-19,24-27,30-34H,10,14-17,20-23H2,1-9H3,(H,39,43)/b28-24+/t30?,31-,32+,33+,34-/m0/s1. The fourth-order valence-corrected chi connectivity index (χ4v) is 6.99. The van der Waals surface area contributed by atoms with Crippen LogP contribution in [0.15, 0.2) is 42.0 Å². The number of rotatable bonds is 14. The molecule has 0 saturated carbocycles. The average Bonchev–Trinajstić information content (AvgIpc) is 3.55. The molecule has 9 heteroatoms. The Kier molecular flexibility index (Phi) is 14.5. The van der Waals surface area contributed by atoms with E-state index in [-0.39, 0.29) is 59.8 Å².